The molecule has 1 aliphatic carbocycles. The van der Waals surface area contributed by atoms with Crippen molar-refractivity contribution in [3.05, 3.63) is 0 Å². The van der Waals surface area contributed by atoms with Gasteiger partial charge >= 0.3 is 0 Å². The van der Waals surface area contributed by atoms with Crippen LogP contribution in [0.3, 0.4) is 0 Å². The highest BCUT2D eigenvalue weighted by atomic mass is 14.3. The van der Waals surface area contributed by atoms with Gasteiger partial charge in [-0.15, -0.1) is 0 Å². The molecule has 0 heteroatoms. The van der Waals surface area contributed by atoms with Crippen molar-refractivity contribution in [1.82, 2.24) is 0 Å². The van der Waals surface area contributed by atoms with E-state index < -0.39 is 0 Å². The molecule has 0 aromatic carbocycles. The summed E-state index contributed by atoms with van der Waals surface area (Å²) >= 11 is 0. The lowest BCUT2D eigenvalue weighted by molar-refractivity contribution is 0.211. The van der Waals surface area contributed by atoms with Crippen LogP contribution in [0.2, 0.25) is 0 Å². The average Bonchev–Trinajstić information content (AvgIpc) is 2.18. The molecule has 0 nitrogen and oxygen atoms in total. The summed E-state index contributed by atoms with van der Waals surface area (Å²) in [4.78, 5) is 0. The highest BCUT2D eigenvalue weighted by Gasteiger charge is 2.22. The van der Waals surface area contributed by atoms with Crippen LogP contribution >= 0.6 is 0 Å². The molecule has 0 heterocycles. The van der Waals surface area contributed by atoms with Gasteiger partial charge < -0.3 is 0 Å². The number of hydrogen-bond donors (Lipinski definition) is 0. The Balaban J connectivity index is 2.20. The molecule has 0 aliphatic heterocycles. The third kappa shape index (κ3) is 4.02. The van der Waals surface area contributed by atoms with Gasteiger partial charge in [-0.25, -0.2) is 0 Å². The van der Waals surface area contributed by atoms with Gasteiger partial charge in [0.05, 0.1) is 0 Å². The minimum atomic E-state index is 0.973. The maximum atomic E-state index is 2.47. The largest absolute Gasteiger partial charge is 0.0654 e. The van der Waals surface area contributed by atoms with Crippen molar-refractivity contribution >= 4 is 0 Å². The Hall–Kier alpha value is 0. The van der Waals surface area contributed by atoms with Gasteiger partial charge in [0.15, 0.2) is 0 Å². The van der Waals surface area contributed by atoms with E-state index in [4.69, 9.17) is 0 Å². The van der Waals surface area contributed by atoms with E-state index in [-0.39, 0.29) is 0 Å². The second-order valence-electron chi connectivity index (χ2n) is 5.50. The monoisotopic (exact) mass is 196 g/mol. The van der Waals surface area contributed by atoms with Crippen LogP contribution in [0.15, 0.2) is 0 Å². The highest BCUT2D eigenvalue weighted by Crippen LogP contribution is 2.34. The van der Waals surface area contributed by atoms with Gasteiger partial charge in [0.25, 0.3) is 0 Å². The minimum absolute atomic E-state index is 0.973. The van der Waals surface area contributed by atoms with Gasteiger partial charge in [-0.05, 0) is 24.2 Å². The maximum absolute atomic E-state index is 2.47. The van der Waals surface area contributed by atoms with Crippen LogP contribution in [0.5, 0.6) is 0 Å². The van der Waals surface area contributed by atoms with Gasteiger partial charge in [0.1, 0.15) is 0 Å². The van der Waals surface area contributed by atoms with Crippen LogP contribution in [0.1, 0.15) is 72.1 Å². The smallest absolute Gasteiger partial charge is 0.0386 e. The summed E-state index contributed by atoms with van der Waals surface area (Å²) in [7, 11) is 0. The summed E-state index contributed by atoms with van der Waals surface area (Å²) < 4.78 is 0. The fourth-order valence-electron chi connectivity index (χ4n) is 2.93. The molecule has 1 rings (SSSR count). The third-order valence-electron chi connectivity index (χ3n) is 4.04. The minimum Gasteiger partial charge on any atom is -0.0654 e. The molecule has 0 spiro atoms. The van der Waals surface area contributed by atoms with Crippen LogP contribution in [-0.4, -0.2) is 0 Å². The quantitative estimate of drug-likeness (QED) is 0.578. The molecule has 0 aromatic rings. The fourth-order valence-corrected chi connectivity index (χ4v) is 2.93. The predicted molar refractivity (Wildman–Crippen MR) is 64.4 cm³/mol. The van der Waals surface area contributed by atoms with E-state index in [1.54, 1.807) is 0 Å². The number of rotatable bonds is 5. The standard InChI is InChI=1S/C14H28/c1-4-5-8-12(2)11-14-10-7-6-9-13(14)3/h12-14H,4-11H2,1-3H3. The first-order valence-corrected chi connectivity index (χ1v) is 6.74. The molecule has 0 bridgehead atoms. The Bertz CT molecular complexity index is 139. The topological polar surface area (TPSA) is 0 Å². The Kier molecular flexibility index (Phi) is 5.59. The van der Waals surface area contributed by atoms with E-state index in [0.717, 1.165) is 17.8 Å². The normalized spacial score (nSPS) is 30.2. The van der Waals surface area contributed by atoms with Crippen molar-refractivity contribution in [1.29, 1.82) is 0 Å². The van der Waals surface area contributed by atoms with Gasteiger partial charge in [0, 0.05) is 0 Å². The molecule has 0 aromatic heterocycles. The van der Waals surface area contributed by atoms with Crippen molar-refractivity contribution in [2.45, 2.75) is 72.1 Å². The summed E-state index contributed by atoms with van der Waals surface area (Å²) in [5, 5.41) is 0. The lowest BCUT2D eigenvalue weighted by Crippen LogP contribution is -2.19. The zero-order valence-corrected chi connectivity index (χ0v) is 10.4. The molecule has 3 unspecified atom stereocenters. The molecule has 0 saturated heterocycles. The molecule has 1 aliphatic rings. The molecule has 1 saturated carbocycles. The van der Waals surface area contributed by atoms with Gasteiger partial charge in [0.2, 0.25) is 0 Å². The predicted octanol–water partition coefficient (Wildman–Crippen LogP) is 5.03. The summed E-state index contributed by atoms with van der Waals surface area (Å²) in [6, 6.07) is 0. The Morgan fingerprint density at radius 2 is 1.93 bits per heavy atom. The Morgan fingerprint density at radius 1 is 1.21 bits per heavy atom. The van der Waals surface area contributed by atoms with Crippen molar-refractivity contribution in [2.75, 3.05) is 0 Å². The SMILES string of the molecule is CCCCC(C)CC1CCCCC1C. The van der Waals surface area contributed by atoms with E-state index >= 15 is 0 Å². The molecule has 0 N–H and O–H groups in total. The first-order chi connectivity index (χ1) is 6.74. The van der Waals surface area contributed by atoms with Gasteiger partial charge in [-0.1, -0.05) is 65.7 Å². The van der Waals surface area contributed by atoms with Crippen molar-refractivity contribution in [3.63, 3.8) is 0 Å². The molecule has 3 atom stereocenters. The van der Waals surface area contributed by atoms with E-state index in [1.165, 1.54) is 51.4 Å². The third-order valence-corrected chi connectivity index (χ3v) is 4.04. The molecular weight excluding hydrogens is 168 g/mol. The zero-order valence-electron chi connectivity index (χ0n) is 10.4. The van der Waals surface area contributed by atoms with Crippen LogP contribution in [0.25, 0.3) is 0 Å². The van der Waals surface area contributed by atoms with Gasteiger partial charge in [-0.2, -0.15) is 0 Å². The van der Waals surface area contributed by atoms with Crippen LogP contribution in [-0.2, 0) is 0 Å². The molecular formula is C14H28. The number of hydrogen-bond acceptors (Lipinski definition) is 0. The second kappa shape index (κ2) is 6.48. The van der Waals surface area contributed by atoms with E-state index in [2.05, 4.69) is 20.8 Å². The molecule has 84 valence electrons. The van der Waals surface area contributed by atoms with Crippen molar-refractivity contribution in [2.24, 2.45) is 17.8 Å². The van der Waals surface area contributed by atoms with Crippen molar-refractivity contribution < 1.29 is 0 Å². The Morgan fingerprint density at radius 3 is 2.57 bits per heavy atom. The second-order valence-corrected chi connectivity index (χ2v) is 5.50. The fraction of sp³-hybridized carbons (Fsp3) is 1.00. The molecule has 14 heavy (non-hydrogen) atoms. The van der Waals surface area contributed by atoms with Crippen LogP contribution in [0.4, 0.5) is 0 Å². The lowest BCUT2D eigenvalue weighted by Gasteiger charge is -2.30. The molecule has 0 radical (unpaired) electrons. The Labute approximate surface area is 90.5 Å². The average molecular weight is 196 g/mol. The number of unbranched alkanes of at least 4 members (excludes halogenated alkanes) is 1. The van der Waals surface area contributed by atoms with Crippen LogP contribution < -0.4 is 0 Å². The summed E-state index contributed by atoms with van der Waals surface area (Å²) in [5.41, 5.74) is 0. The van der Waals surface area contributed by atoms with Crippen LogP contribution in [0, 0.1) is 17.8 Å². The van der Waals surface area contributed by atoms with E-state index in [9.17, 15) is 0 Å². The van der Waals surface area contributed by atoms with E-state index in [0.29, 0.717) is 0 Å². The van der Waals surface area contributed by atoms with E-state index in [1.807, 2.05) is 0 Å². The maximum Gasteiger partial charge on any atom is -0.0386 e. The first kappa shape index (κ1) is 12.1. The lowest BCUT2D eigenvalue weighted by atomic mass is 9.75. The van der Waals surface area contributed by atoms with Crippen molar-refractivity contribution in [3.8, 4) is 0 Å². The highest BCUT2D eigenvalue weighted by molar-refractivity contribution is 4.74. The summed E-state index contributed by atoms with van der Waals surface area (Å²) in [5.74, 6) is 3.03. The zero-order chi connectivity index (χ0) is 10.4. The molecule has 1 fully saturated rings. The first-order valence-electron chi connectivity index (χ1n) is 6.74. The summed E-state index contributed by atoms with van der Waals surface area (Å²) in [6.45, 7) is 7.23. The van der Waals surface area contributed by atoms with Gasteiger partial charge in [-0.3, -0.25) is 0 Å². The molecule has 0 amide bonds. The summed E-state index contributed by atoms with van der Waals surface area (Å²) in [6.07, 6.45) is 11.7.